The molecule has 18 heavy (non-hydrogen) atoms. The number of aliphatic hydroxyl groups is 1. The van der Waals surface area contributed by atoms with Crippen LogP contribution in [0.1, 0.15) is 30.9 Å². The van der Waals surface area contributed by atoms with E-state index in [4.69, 9.17) is 4.74 Å². The van der Waals surface area contributed by atoms with Gasteiger partial charge in [0.1, 0.15) is 5.75 Å². The average molecular weight is 251 g/mol. The van der Waals surface area contributed by atoms with E-state index in [2.05, 4.69) is 0 Å². The molecule has 0 heterocycles. The van der Waals surface area contributed by atoms with Crippen molar-refractivity contribution in [2.45, 2.75) is 25.4 Å². The number of amides is 1. The van der Waals surface area contributed by atoms with Gasteiger partial charge in [0.15, 0.2) is 0 Å². The third-order valence-electron chi connectivity index (χ3n) is 2.87. The topological polar surface area (TPSA) is 49.8 Å². The van der Waals surface area contributed by atoms with Crippen molar-refractivity contribution in [2.75, 3.05) is 21.2 Å². The number of ether oxygens (including phenoxy) is 1. The minimum atomic E-state index is -0.522. The van der Waals surface area contributed by atoms with E-state index in [0.29, 0.717) is 19.3 Å². The van der Waals surface area contributed by atoms with Crippen molar-refractivity contribution in [1.82, 2.24) is 4.90 Å². The highest BCUT2D eigenvalue weighted by molar-refractivity contribution is 5.75. The number of rotatable bonds is 6. The third-order valence-corrected chi connectivity index (χ3v) is 2.87. The lowest BCUT2D eigenvalue weighted by Crippen LogP contribution is -2.21. The van der Waals surface area contributed by atoms with Gasteiger partial charge in [-0.1, -0.05) is 12.1 Å². The lowest BCUT2D eigenvalue weighted by molar-refractivity contribution is -0.128. The fraction of sp³-hybridized carbons (Fsp3) is 0.500. The lowest BCUT2D eigenvalue weighted by atomic mass is 10.0. The normalized spacial score (nSPS) is 12.0. The molecule has 1 aromatic rings. The van der Waals surface area contributed by atoms with Crippen LogP contribution in [-0.4, -0.2) is 37.1 Å². The molecular weight excluding hydrogens is 230 g/mol. The minimum Gasteiger partial charge on any atom is -0.497 e. The summed E-state index contributed by atoms with van der Waals surface area (Å²) in [6, 6.07) is 7.33. The number of aliphatic hydroxyl groups excluding tert-OH is 1. The van der Waals surface area contributed by atoms with E-state index in [1.54, 1.807) is 26.1 Å². The van der Waals surface area contributed by atoms with E-state index in [0.717, 1.165) is 11.3 Å². The highest BCUT2D eigenvalue weighted by atomic mass is 16.5. The number of carbonyl (C=O) groups excluding carboxylic acids is 1. The van der Waals surface area contributed by atoms with Crippen molar-refractivity contribution in [3.63, 3.8) is 0 Å². The van der Waals surface area contributed by atoms with Gasteiger partial charge < -0.3 is 14.7 Å². The second-order valence-electron chi connectivity index (χ2n) is 4.47. The molecule has 0 radical (unpaired) electrons. The molecule has 1 atom stereocenters. The quantitative estimate of drug-likeness (QED) is 0.841. The second kappa shape index (κ2) is 7.01. The van der Waals surface area contributed by atoms with E-state index in [1.807, 2.05) is 24.3 Å². The first-order valence-electron chi connectivity index (χ1n) is 6.06. The molecule has 0 saturated carbocycles. The zero-order valence-corrected chi connectivity index (χ0v) is 11.2. The predicted molar refractivity (Wildman–Crippen MR) is 70.5 cm³/mol. The number of hydrogen-bond donors (Lipinski definition) is 1. The molecule has 1 amide bonds. The van der Waals surface area contributed by atoms with Gasteiger partial charge in [0.2, 0.25) is 5.91 Å². The maximum atomic E-state index is 11.4. The fourth-order valence-corrected chi connectivity index (χ4v) is 1.66. The molecule has 1 unspecified atom stereocenters. The molecule has 4 heteroatoms. The van der Waals surface area contributed by atoms with Crippen molar-refractivity contribution in [3.8, 4) is 5.75 Å². The summed E-state index contributed by atoms with van der Waals surface area (Å²) in [5.41, 5.74) is 0.855. The van der Waals surface area contributed by atoms with Gasteiger partial charge in [0.05, 0.1) is 13.2 Å². The minimum absolute atomic E-state index is 0.0944. The summed E-state index contributed by atoms with van der Waals surface area (Å²) in [5, 5.41) is 9.97. The molecule has 100 valence electrons. The van der Waals surface area contributed by atoms with Crippen LogP contribution in [-0.2, 0) is 4.79 Å². The Morgan fingerprint density at radius 2 is 1.94 bits per heavy atom. The molecule has 0 aliphatic rings. The van der Waals surface area contributed by atoms with Crippen LogP contribution in [0.25, 0.3) is 0 Å². The summed E-state index contributed by atoms with van der Waals surface area (Å²) in [6.07, 6.45) is 1.22. The van der Waals surface area contributed by atoms with Crippen molar-refractivity contribution in [1.29, 1.82) is 0 Å². The first-order chi connectivity index (χ1) is 8.54. The molecule has 0 saturated heterocycles. The SMILES string of the molecule is COc1ccc(C(O)CCCC(=O)N(C)C)cc1. The number of nitrogens with zero attached hydrogens (tertiary/aromatic N) is 1. The summed E-state index contributed by atoms with van der Waals surface area (Å²) >= 11 is 0. The number of benzene rings is 1. The van der Waals surface area contributed by atoms with Crippen molar-refractivity contribution >= 4 is 5.91 Å². The van der Waals surface area contributed by atoms with Gasteiger partial charge in [-0.15, -0.1) is 0 Å². The Bertz CT molecular complexity index is 373. The molecule has 1 rings (SSSR count). The molecule has 0 spiro atoms. The van der Waals surface area contributed by atoms with E-state index in [1.165, 1.54) is 0 Å². The Morgan fingerprint density at radius 1 is 1.33 bits per heavy atom. The zero-order chi connectivity index (χ0) is 13.5. The van der Waals surface area contributed by atoms with Crippen LogP contribution in [0.2, 0.25) is 0 Å². The third kappa shape index (κ3) is 4.37. The van der Waals surface area contributed by atoms with Gasteiger partial charge in [0, 0.05) is 20.5 Å². The molecule has 0 bridgehead atoms. The fourth-order valence-electron chi connectivity index (χ4n) is 1.66. The van der Waals surface area contributed by atoms with E-state index >= 15 is 0 Å². The van der Waals surface area contributed by atoms with Gasteiger partial charge >= 0.3 is 0 Å². The van der Waals surface area contributed by atoms with Crippen molar-refractivity contribution in [3.05, 3.63) is 29.8 Å². The zero-order valence-electron chi connectivity index (χ0n) is 11.2. The van der Waals surface area contributed by atoms with Crippen molar-refractivity contribution in [2.24, 2.45) is 0 Å². The summed E-state index contributed by atoms with van der Waals surface area (Å²) in [7, 11) is 5.09. The highest BCUT2D eigenvalue weighted by Crippen LogP contribution is 2.21. The molecule has 1 N–H and O–H groups in total. The Balaban J connectivity index is 2.40. The maximum Gasteiger partial charge on any atom is 0.222 e. The molecule has 1 aromatic carbocycles. The van der Waals surface area contributed by atoms with Gasteiger partial charge in [0.25, 0.3) is 0 Å². The summed E-state index contributed by atoms with van der Waals surface area (Å²) in [6.45, 7) is 0. The Labute approximate surface area is 108 Å². The van der Waals surface area contributed by atoms with Crippen LogP contribution in [0.15, 0.2) is 24.3 Å². The molecule has 0 aromatic heterocycles. The van der Waals surface area contributed by atoms with Crippen LogP contribution in [0, 0.1) is 0 Å². The van der Waals surface area contributed by atoms with Crippen molar-refractivity contribution < 1.29 is 14.6 Å². The summed E-state index contributed by atoms with van der Waals surface area (Å²) in [4.78, 5) is 12.9. The van der Waals surface area contributed by atoms with Crippen LogP contribution in [0.5, 0.6) is 5.75 Å². The predicted octanol–water partition coefficient (Wildman–Crippen LogP) is 1.99. The number of hydrogen-bond acceptors (Lipinski definition) is 3. The van der Waals surface area contributed by atoms with Gasteiger partial charge in [-0.2, -0.15) is 0 Å². The molecular formula is C14H21NO3. The van der Waals surface area contributed by atoms with Crippen LogP contribution in [0.4, 0.5) is 0 Å². The van der Waals surface area contributed by atoms with E-state index < -0.39 is 6.10 Å². The standard InChI is InChI=1S/C14H21NO3/c1-15(2)14(17)6-4-5-13(16)11-7-9-12(18-3)10-8-11/h7-10,13,16H,4-6H2,1-3H3. The first kappa shape index (κ1) is 14.5. The molecule has 0 fully saturated rings. The lowest BCUT2D eigenvalue weighted by Gasteiger charge is -2.13. The summed E-state index contributed by atoms with van der Waals surface area (Å²) in [5.74, 6) is 0.866. The Kier molecular flexibility index (Phi) is 5.65. The van der Waals surface area contributed by atoms with Gasteiger partial charge in [-0.05, 0) is 30.5 Å². The maximum absolute atomic E-state index is 11.4. The van der Waals surface area contributed by atoms with Gasteiger partial charge in [-0.3, -0.25) is 4.79 Å². The summed E-state index contributed by atoms with van der Waals surface area (Å²) < 4.78 is 5.06. The van der Waals surface area contributed by atoms with Crippen LogP contribution >= 0.6 is 0 Å². The first-order valence-corrected chi connectivity index (χ1v) is 6.06. The average Bonchev–Trinajstić information content (AvgIpc) is 2.38. The number of carbonyl (C=O) groups is 1. The number of methoxy groups -OCH3 is 1. The smallest absolute Gasteiger partial charge is 0.222 e. The van der Waals surface area contributed by atoms with E-state index in [9.17, 15) is 9.90 Å². The van der Waals surface area contributed by atoms with Crippen LogP contribution < -0.4 is 4.74 Å². The van der Waals surface area contributed by atoms with E-state index in [-0.39, 0.29) is 5.91 Å². The monoisotopic (exact) mass is 251 g/mol. The second-order valence-corrected chi connectivity index (χ2v) is 4.47. The molecule has 0 aliphatic carbocycles. The Morgan fingerprint density at radius 3 is 2.44 bits per heavy atom. The molecule has 0 aliphatic heterocycles. The van der Waals surface area contributed by atoms with Gasteiger partial charge in [-0.25, -0.2) is 0 Å². The molecule has 4 nitrogen and oxygen atoms in total. The van der Waals surface area contributed by atoms with Crippen LogP contribution in [0.3, 0.4) is 0 Å². The highest BCUT2D eigenvalue weighted by Gasteiger charge is 2.09. The Hall–Kier alpha value is -1.55. The largest absolute Gasteiger partial charge is 0.497 e.